The molecule has 0 saturated heterocycles. The highest BCUT2D eigenvalue weighted by Crippen LogP contribution is 2.27. The van der Waals surface area contributed by atoms with E-state index in [4.69, 9.17) is 0 Å². The van der Waals surface area contributed by atoms with Crippen LogP contribution in [0.5, 0.6) is 0 Å². The third-order valence-electron chi connectivity index (χ3n) is 3.88. The van der Waals surface area contributed by atoms with E-state index >= 15 is 0 Å². The van der Waals surface area contributed by atoms with E-state index in [1.807, 2.05) is 44.2 Å². The molecule has 1 aromatic carbocycles. The Kier molecular flexibility index (Phi) is 6.40. The number of rotatable bonds is 7. The molecule has 0 aliphatic heterocycles. The van der Waals surface area contributed by atoms with Crippen LogP contribution >= 0.6 is 0 Å². The number of carbonyl (C=O) groups excluding carboxylic acids is 1. The molecule has 1 amide bonds. The van der Waals surface area contributed by atoms with Crippen molar-refractivity contribution in [1.29, 1.82) is 0 Å². The van der Waals surface area contributed by atoms with Gasteiger partial charge in [0.2, 0.25) is 5.91 Å². The van der Waals surface area contributed by atoms with Crippen molar-refractivity contribution in [1.82, 2.24) is 5.32 Å². The van der Waals surface area contributed by atoms with Gasteiger partial charge in [0, 0.05) is 0 Å². The van der Waals surface area contributed by atoms with Crippen molar-refractivity contribution < 1.29 is 14.7 Å². The molecule has 2 N–H and O–H groups in total. The molecule has 0 fully saturated rings. The van der Waals surface area contributed by atoms with Gasteiger partial charge in [-0.25, -0.2) is 4.79 Å². The molecule has 0 heterocycles. The summed E-state index contributed by atoms with van der Waals surface area (Å²) in [5.74, 6) is -1.53. The first-order valence-corrected chi connectivity index (χ1v) is 7.46. The first-order valence-electron chi connectivity index (χ1n) is 7.46. The number of hydrogen-bond acceptors (Lipinski definition) is 2. The van der Waals surface area contributed by atoms with Crippen molar-refractivity contribution in [2.24, 2.45) is 11.8 Å². The average Bonchev–Trinajstić information content (AvgIpc) is 2.45. The van der Waals surface area contributed by atoms with E-state index in [0.29, 0.717) is 0 Å². The third-order valence-corrected chi connectivity index (χ3v) is 3.88. The maximum absolute atomic E-state index is 12.6. The van der Waals surface area contributed by atoms with E-state index in [1.165, 1.54) is 0 Å². The second kappa shape index (κ2) is 7.81. The van der Waals surface area contributed by atoms with E-state index in [1.54, 1.807) is 13.8 Å². The predicted octanol–water partition coefficient (Wildman–Crippen LogP) is 3.04. The zero-order chi connectivity index (χ0) is 16.0. The lowest BCUT2D eigenvalue weighted by atomic mass is 9.84. The normalized spacial score (nSPS) is 15.3. The van der Waals surface area contributed by atoms with Crippen LogP contribution < -0.4 is 5.32 Å². The topological polar surface area (TPSA) is 66.4 Å². The highest BCUT2D eigenvalue weighted by molar-refractivity contribution is 5.88. The van der Waals surface area contributed by atoms with Gasteiger partial charge in [0.1, 0.15) is 6.04 Å². The number of carboxylic acid groups (broad SMARTS) is 1. The van der Waals surface area contributed by atoms with Crippen molar-refractivity contribution in [3.8, 4) is 0 Å². The Labute approximate surface area is 126 Å². The van der Waals surface area contributed by atoms with Crippen LogP contribution in [0, 0.1) is 11.8 Å². The van der Waals surface area contributed by atoms with Crippen LogP contribution in [0.25, 0.3) is 0 Å². The largest absolute Gasteiger partial charge is 0.480 e. The number of nitrogens with one attached hydrogen (secondary N) is 1. The monoisotopic (exact) mass is 291 g/mol. The maximum Gasteiger partial charge on any atom is 0.326 e. The Morgan fingerprint density at radius 2 is 1.71 bits per heavy atom. The minimum Gasteiger partial charge on any atom is -0.480 e. The molecule has 0 aliphatic carbocycles. The van der Waals surface area contributed by atoms with E-state index in [0.717, 1.165) is 12.0 Å². The first-order chi connectivity index (χ1) is 9.88. The molecule has 0 bridgehead atoms. The minimum absolute atomic E-state index is 0.147. The van der Waals surface area contributed by atoms with Crippen LogP contribution in [0.15, 0.2) is 30.3 Å². The van der Waals surface area contributed by atoms with Crippen molar-refractivity contribution in [3.05, 3.63) is 35.9 Å². The number of aliphatic carboxylic acids is 1. The summed E-state index contributed by atoms with van der Waals surface area (Å²) in [6.45, 7) is 7.63. The Morgan fingerprint density at radius 3 is 2.14 bits per heavy atom. The molecule has 0 aliphatic rings. The molecule has 0 saturated carbocycles. The van der Waals surface area contributed by atoms with Crippen molar-refractivity contribution in [3.63, 3.8) is 0 Å². The minimum atomic E-state index is -0.991. The Hall–Kier alpha value is -1.84. The van der Waals surface area contributed by atoms with Gasteiger partial charge in [-0.1, -0.05) is 64.4 Å². The Bertz CT molecular complexity index is 470. The van der Waals surface area contributed by atoms with E-state index in [-0.39, 0.29) is 23.7 Å². The lowest BCUT2D eigenvalue weighted by Gasteiger charge is -2.26. The number of hydrogen-bond donors (Lipinski definition) is 2. The van der Waals surface area contributed by atoms with Crippen LogP contribution in [0.4, 0.5) is 0 Å². The fourth-order valence-corrected chi connectivity index (χ4v) is 2.39. The molecule has 3 atom stereocenters. The lowest BCUT2D eigenvalue weighted by Crippen LogP contribution is -2.47. The van der Waals surface area contributed by atoms with E-state index < -0.39 is 12.0 Å². The second-order valence-corrected chi connectivity index (χ2v) is 5.84. The van der Waals surface area contributed by atoms with Crippen molar-refractivity contribution in [2.45, 2.75) is 46.1 Å². The maximum atomic E-state index is 12.6. The fraction of sp³-hybridized carbons (Fsp3) is 0.529. The van der Waals surface area contributed by atoms with Crippen LogP contribution in [-0.2, 0) is 9.59 Å². The van der Waals surface area contributed by atoms with Crippen LogP contribution in [0.2, 0.25) is 0 Å². The summed E-state index contributed by atoms with van der Waals surface area (Å²) in [5, 5.41) is 11.9. The Morgan fingerprint density at radius 1 is 1.14 bits per heavy atom. The quantitative estimate of drug-likeness (QED) is 0.811. The SMILES string of the molecule is CCC(C)C(C(=O)N[C@@H](C(=O)O)C(C)C)c1ccccc1. The molecule has 0 spiro atoms. The molecule has 1 aromatic rings. The van der Waals surface area contributed by atoms with Gasteiger partial charge in [0.25, 0.3) is 0 Å². The second-order valence-electron chi connectivity index (χ2n) is 5.84. The molecule has 0 aromatic heterocycles. The van der Waals surface area contributed by atoms with Crippen molar-refractivity contribution >= 4 is 11.9 Å². The zero-order valence-electron chi connectivity index (χ0n) is 13.2. The highest BCUT2D eigenvalue weighted by Gasteiger charge is 2.30. The molecule has 21 heavy (non-hydrogen) atoms. The molecule has 4 nitrogen and oxygen atoms in total. The number of amides is 1. The van der Waals surface area contributed by atoms with Gasteiger partial charge in [-0.15, -0.1) is 0 Å². The lowest BCUT2D eigenvalue weighted by molar-refractivity contribution is -0.143. The standard InChI is InChI=1S/C17H25NO3/c1-5-12(4)14(13-9-7-6-8-10-13)16(19)18-15(11(2)3)17(20)21/h6-12,14-15H,5H2,1-4H3,(H,18,19)(H,20,21)/t12?,14?,15-/m1/s1. The van der Waals surface area contributed by atoms with Gasteiger partial charge < -0.3 is 10.4 Å². The third kappa shape index (κ3) is 4.59. The van der Waals surface area contributed by atoms with Gasteiger partial charge in [-0.05, 0) is 17.4 Å². The van der Waals surface area contributed by atoms with Gasteiger partial charge in [0.15, 0.2) is 0 Å². The fourth-order valence-electron chi connectivity index (χ4n) is 2.39. The summed E-state index contributed by atoms with van der Waals surface area (Å²) in [5.41, 5.74) is 0.928. The predicted molar refractivity (Wildman–Crippen MR) is 83.0 cm³/mol. The summed E-state index contributed by atoms with van der Waals surface area (Å²) in [6, 6.07) is 8.68. The summed E-state index contributed by atoms with van der Waals surface area (Å²) in [6.07, 6.45) is 0.854. The van der Waals surface area contributed by atoms with Crippen LogP contribution in [-0.4, -0.2) is 23.0 Å². The van der Waals surface area contributed by atoms with Crippen molar-refractivity contribution in [2.75, 3.05) is 0 Å². The van der Waals surface area contributed by atoms with Crippen LogP contribution in [0.3, 0.4) is 0 Å². The average molecular weight is 291 g/mol. The number of benzene rings is 1. The molecule has 2 unspecified atom stereocenters. The molecular weight excluding hydrogens is 266 g/mol. The molecule has 4 heteroatoms. The van der Waals surface area contributed by atoms with Gasteiger partial charge in [-0.2, -0.15) is 0 Å². The number of carboxylic acids is 1. The summed E-state index contributed by atoms with van der Waals surface area (Å²) >= 11 is 0. The van der Waals surface area contributed by atoms with Gasteiger partial charge in [0.05, 0.1) is 5.92 Å². The van der Waals surface area contributed by atoms with Gasteiger partial charge >= 0.3 is 5.97 Å². The van der Waals surface area contributed by atoms with Crippen LogP contribution in [0.1, 0.15) is 45.6 Å². The summed E-state index contributed by atoms with van der Waals surface area (Å²) < 4.78 is 0. The first kappa shape index (κ1) is 17.2. The summed E-state index contributed by atoms with van der Waals surface area (Å²) in [7, 11) is 0. The molecular formula is C17H25NO3. The number of carbonyl (C=O) groups is 2. The van der Waals surface area contributed by atoms with E-state index in [2.05, 4.69) is 5.32 Å². The van der Waals surface area contributed by atoms with Gasteiger partial charge in [-0.3, -0.25) is 4.79 Å². The summed E-state index contributed by atoms with van der Waals surface area (Å²) in [4.78, 5) is 23.8. The molecule has 116 valence electrons. The molecule has 0 radical (unpaired) electrons. The highest BCUT2D eigenvalue weighted by atomic mass is 16.4. The molecule has 1 rings (SSSR count). The zero-order valence-corrected chi connectivity index (χ0v) is 13.2. The smallest absolute Gasteiger partial charge is 0.326 e. The Balaban J connectivity index is 2.99. The van der Waals surface area contributed by atoms with E-state index in [9.17, 15) is 14.7 Å².